The summed E-state index contributed by atoms with van der Waals surface area (Å²) in [6, 6.07) is 0. The zero-order valence-corrected chi connectivity index (χ0v) is 8.95. The van der Waals surface area contributed by atoms with E-state index in [1.165, 1.54) is 0 Å². The van der Waals surface area contributed by atoms with Crippen molar-refractivity contribution in [1.82, 2.24) is 13.5 Å². The van der Waals surface area contributed by atoms with Gasteiger partial charge in [-0.2, -0.15) is 0 Å². The highest BCUT2D eigenvalue weighted by Crippen LogP contribution is 2.01. The topological polar surface area (TPSA) is 27.3 Å². The average Bonchev–Trinajstić information content (AvgIpc) is 1.77. The minimum Gasteiger partial charge on any atom is -0.337 e. The van der Waals surface area contributed by atoms with Gasteiger partial charge >= 0.3 is 0 Å². The zero-order chi connectivity index (χ0) is 6.91. The Morgan fingerprint density at radius 3 is 2.44 bits per heavy atom. The molecule has 0 aromatic carbocycles. The number of rotatable bonds is 0. The number of nitrogens with zero attached hydrogens (tertiary/aromatic N) is 1. The van der Waals surface area contributed by atoms with Gasteiger partial charge in [0.25, 0.3) is 0 Å². The van der Waals surface area contributed by atoms with E-state index in [1.807, 2.05) is 0 Å². The molecule has 0 aromatic heterocycles. The molecule has 1 heterocycles. The summed E-state index contributed by atoms with van der Waals surface area (Å²) < 4.78 is 9.20. The third-order valence-corrected chi connectivity index (χ3v) is 9.41. The molecule has 0 amide bonds. The van der Waals surface area contributed by atoms with Gasteiger partial charge in [-0.1, -0.05) is 0 Å². The van der Waals surface area contributed by atoms with E-state index < -0.39 is 8.40 Å². The fourth-order valence-corrected chi connectivity index (χ4v) is 6.25. The number of hydrogen-bond donors (Lipinski definition) is 2. The fourth-order valence-electron chi connectivity index (χ4n) is 0.520. The van der Waals surface area contributed by atoms with E-state index in [0.717, 1.165) is 19.7 Å². The quantitative estimate of drug-likeness (QED) is 0.455. The van der Waals surface area contributed by atoms with E-state index in [2.05, 4.69) is 33.7 Å². The van der Waals surface area contributed by atoms with Gasteiger partial charge in [0.1, 0.15) is 0 Å². The van der Waals surface area contributed by atoms with Crippen LogP contribution in [0.3, 0.4) is 0 Å². The van der Waals surface area contributed by atoms with Gasteiger partial charge in [0.15, 0.2) is 8.40 Å². The van der Waals surface area contributed by atoms with Crippen LogP contribution in [0.15, 0.2) is 0 Å². The van der Waals surface area contributed by atoms with Crippen molar-refractivity contribution in [3.8, 4) is 0 Å². The summed E-state index contributed by atoms with van der Waals surface area (Å²) in [6.07, 6.45) is 0. The molecule has 1 aliphatic heterocycles. The second-order valence-corrected chi connectivity index (χ2v) is 9.99. The van der Waals surface area contributed by atoms with Crippen LogP contribution in [0.2, 0.25) is 13.1 Å². The summed E-state index contributed by atoms with van der Waals surface area (Å²) in [5.41, 5.74) is 0. The first kappa shape index (κ1) is 7.64. The molecular formula is C3H11N3Si3. The summed E-state index contributed by atoms with van der Waals surface area (Å²) in [4.78, 5) is 0. The van der Waals surface area contributed by atoms with Crippen LogP contribution in [-0.2, 0) is 0 Å². The van der Waals surface area contributed by atoms with Gasteiger partial charge in [0.2, 0.25) is 19.7 Å². The second kappa shape index (κ2) is 2.64. The molecule has 1 fully saturated rings. The lowest BCUT2D eigenvalue weighted by atomic mass is 11.6. The van der Waals surface area contributed by atoms with Crippen molar-refractivity contribution in [2.75, 3.05) is 7.05 Å². The van der Waals surface area contributed by atoms with Gasteiger partial charge in [-0.15, -0.1) is 0 Å². The predicted molar refractivity (Wildman–Crippen MR) is 43.0 cm³/mol. The summed E-state index contributed by atoms with van der Waals surface area (Å²) >= 11 is 0. The van der Waals surface area contributed by atoms with Crippen LogP contribution in [0.1, 0.15) is 0 Å². The van der Waals surface area contributed by atoms with Crippen molar-refractivity contribution in [1.29, 1.82) is 0 Å². The van der Waals surface area contributed by atoms with Gasteiger partial charge in [-0.3, -0.25) is 0 Å². The van der Waals surface area contributed by atoms with Gasteiger partial charge in [0, 0.05) is 0 Å². The van der Waals surface area contributed by atoms with Crippen molar-refractivity contribution in [3.63, 3.8) is 0 Å². The Kier molecular flexibility index (Phi) is 2.24. The van der Waals surface area contributed by atoms with E-state index in [0.29, 0.717) is 0 Å². The molecule has 0 aliphatic carbocycles. The Morgan fingerprint density at radius 2 is 2.11 bits per heavy atom. The summed E-state index contributed by atoms with van der Waals surface area (Å²) in [5, 5.41) is 0. The third kappa shape index (κ3) is 1.72. The molecule has 1 saturated heterocycles. The fraction of sp³-hybridized carbons (Fsp3) is 1.00. The number of nitrogens with one attached hydrogen (secondary N) is 2. The summed E-state index contributed by atoms with van der Waals surface area (Å²) in [6.45, 7) is 4.65. The van der Waals surface area contributed by atoms with Crippen molar-refractivity contribution in [2.24, 2.45) is 0 Å². The van der Waals surface area contributed by atoms with Crippen molar-refractivity contribution >= 4 is 28.1 Å². The van der Waals surface area contributed by atoms with Crippen LogP contribution in [0.25, 0.3) is 0 Å². The van der Waals surface area contributed by atoms with E-state index in [1.54, 1.807) is 0 Å². The minimum absolute atomic E-state index is 0.771. The van der Waals surface area contributed by atoms with Crippen molar-refractivity contribution in [3.05, 3.63) is 0 Å². The Hall–Kier alpha value is 0.531. The first-order valence-corrected chi connectivity index (χ1v) is 7.79. The molecule has 0 unspecified atom stereocenters. The number of hydrogen-bond acceptors (Lipinski definition) is 3. The van der Waals surface area contributed by atoms with Crippen LogP contribution in [-0.4, -0.2) is 39.4 Å². The Bertz CT molecular complexity index is 106. The smallest absolute Gasteiger partial charge is 0.234 e. The molecule has 0 saturated carbocycles. The average molecular weight is 173 g/mol. The first-order chi connectivity index (χ1) is 4.13. The highest BCUT2D eigenvalue weighted by atomic mass is 28.4. The summed E-state index contributed by atoms with van der Waals surface area (Å²) in [7, 11) is 2.62. The lowest BCUT2D eigenvalue weighted by Crippen LogP contribution is -2.70. The molecule has 4 radical (unpaired) electrons. The van der Waals surface area contributed by atoms with Gasteiger partial charge in [-0.05, 0) is 20.1 Å². The Morgan fingerprint density at radius 1 is 1.44 bits per heavy atom. The third-order valence-electron chi connectivity index (χ3n) is 1.49. The largest absolute Gasteiger partial charge is 0.337 e. The molecule has 9 heavy (non-hydrogen) atoms. The van der Waals surface area contributed by atoms with Crippen molar-refractivity contribution < 1.29 is 0 Å². The molecule has 1 rings (SSSR count). The maximum absolute atomic E-state index is 3.50. The second-order valence-electron chi connectivity index (χ2n) is 2.60. The molecule has 0 atom stereocenters. The molecule has 2 N–H and O–H groups in total. The summed E-state index contributed by atoms with van der Waals surface area (Å²) in [5.74, 6) is 0. The molecule has 6 heteroatoms. The molecule has 3 nitrogen and oxygen atoms in total. The highest BCUT2D eigenvalue weighted by molar-refractivity contribution is 6.86. The Balaban J connectivity index is 2.49. The zero-order valence-electron chi connectivity index (χ0n) is 5.95. The van der Waals surface area contributed by atoms with Crippen LogP contribution < -0.4 is 9.30 Å². The normalized spacial score (nSPS) is 28.3. The lowest BCUT2D eigenvalue weighted by molar-refractivity contribution is 0.756. The standard InChI is InChI=1S/C3H11N3Si3/c1-6-8-4-7-5-9(6,2)3/h4-5H,1-3H3. The van der Waals surface area contributed by atoms with Crippen LogP contribution >= 0.6 is 0 Å². The maximum atomic E-state index is 3.50. The highest BCUT2D eigenvalue weighted by Gasteiger charge is 2.29. The van der Waals surface area contributed by atoms with E-state index in [4.69, 9.17) is 0 Å². The first-order valence-electron chi connectivity index (χ1n) is 2.89. The molecule has 1 aliphatic rings. The van der Waals surface area contributed by atoms with Gasteiger partial charge in [-0.25, -0.2) is 0 Å². The van der Waals surface area contributed by atoms with Gasteiger partial charge < -0.3 is 13.5 Å². The lowest BCUT2D eigenvalue weighted by Gasteiger charge is -2.37. The van der Waals surface area contributed by atoms with E-state index in [-0.39, 0.29) is 0 Å². The monoisotopic (exact) mass is 173 g/mol. The molecular weight excluding hydrogens is 162 g/mol. The Labute approximate surface area is 62.3 Å². The molecule has 0 bridgehead atoms. The predicted octanol–water partition coefficient (Wildman–Crippen LogP) is -1.12. The van der Waals surface area contributed by atoms with Gasteiger partial charge in [0.05, 0.1) is 0 Å². The minimum atomic E-state index is -1.15. The SMILES string of the molecule is CN1[Si]N[Si]N[Si]1(C)C. The molecule has 0 spiro atoms. The maximum Gasteiger partial charge on any atom is 0.234 e. The molecule has 0 aromatic rings. The van der Waals surface area contributed by atoms with E-state index in [9.17, 15) is 0 Å². The van der Waals surface area contributed by atoms with Crippen LogP contribution in [0.5, 0.6) is 0 Å². The van der Waals surface area contributed by atoms with Crippen molar-refractivity contribution in [2.45, 2.75) is 13.1 Å². The van der Waals surface area contributed by atoms with Crippen LogP contribution in [0.4, 0.5) is 0 Å². The molecule has 50 valence electrons. The van der Waals surface area contributed by atoms with Crippen LogP contribution in [0, 0.1) is 0 Å². The van der Waals surface area contributed by atoms with E-state index >= 15 is 0 Å².